The second-order valence-electron chi connectivity index (χ2n) is 9.57. The third-order valence-corrected chi connectivity index (χ3v) is 8.03. The number of carbonyl (C=O) groups excluding carboxylic acids is 3. The molecule has 1 fully saturated rings. The van der Waals surface area contributed by atoms with Gasteiger partial charge in [0.05, 0.1) is 4.91 Å². The second kappa shape index (κ2) is 10.8. The summed E-state index contributed by atoms with van der Waals surface area (Å²) in [5, 5.41) is 1.83. The highest BCUT2D eigenvalue weighted by molar-refractivity contribution is 8.18. The smallest absolute Gasteiger partial charge is 0.294 e. The normalized spacial score (nSPS) is 16.2. The highest BCUT2D eigenvalue weighted by atomic mass is 32.2. The van der Waals surface area contributed by atoms with E-state index >= 15 is 0 Å². The van der Waals surface area contributed by atoms with Crippen LogP contribution in [0.3, 0.4) is 0 Å². The van der Waals surface area contributed by atoms with E-state index in [-0.39, 0.29) is 17.4 Å². The van der Waals surface area contributed by atoms with E-state index in [2.05, 4.69) is 24.3 Å². The lowest BCUT2D eigenvalue weighted by molar-refractivity contribution is -0.136. The Bertz CT molecular complexity index is 1620. The van der Waals surface area contributed by atoms with Crippen molar-refractivity contribution >= 4 is 45.7 Å². The lowest BCUT2D eigenvalue weighted by Crippen LogP contribution is -2.44. The third kappa shape index (κ3) is 5.18. The number of nitrogens with zero attached hydrogens (tertiary/aromatic N) is 2. The number of thioether (sulfide) groups is 1. The van der Waals surface area contributed by atoms with Crippen LogP contribution in [0.2, 0.25) is 0 Å². The summed E-state index contributed by atoms with van der Waals surface area (Å²) in [6, 6.07) is 29.7. The average Bonchev–Trinajstić information content (AvgIpc) is 3.23. The quantitative estimate of drug-likeness (QED) is 0.282. The van der Waals surface area contributed by atoms with Crippen LogP contribution in [0, 0.1) is 0 Å². The standard InChI is InChI=1S/C32H26N2O4S/c35-30(33-17-16-22-8-1-2-11-25(22)19-33)20-34-31(36)29(39-32(34)37)18-24-10-4-6-15-28(24)38-21-26-13-7-12-23-9-3-5-14-27(23)26/h1-15,18H,16-17,19-21H2/b29-18-. The van der Waals surface area contributed by atoms with Crippen molar-refractivity contribution in [3.05, 3.63) is 118 Å². The fourth-order valence-electron chi connectivity index (χ4n) is 5.03. The maximum atomic E-state index is 13.2. The van der Waals surface area contributed by atoms with Crippen molar-refractivity contribution in [3.8, 4) is 5.75 Å². The molecule has 194 valence electrons. The van der Waals surface area contributed by atoms with E-state index in [9.17, 15) is 14.4 Å². The Kier molecular flexibility index (Phi) is 6.90. The molecule has 1 saturated heterocycles. The van der Waals surface area contributed by atoms with Gasteiger partial charge in [0.1, 0.15) is 18.9 Å². The molecular formula is C32H26N2O4S. The molecule has 0 aromatic heterocycles. The molecule has 6 rings (SSSR count). The molecule has 0 aliphatic carbocycles. The Morgan fingerprint density at radius 2 is 1.62 bits per heavy atom. The molecule has 2 aliphatic rings. The van der Waals surface area contributed by atoms with Crippen LogP contribution >= 0.6 is 11.8 Å². The Morgan fingerprint density at radius 1 is 0.872 bits per heavy atom. The van der Waals surface area contributed by atoms with Gasteiger partial charge in [-0.3, -0.25) is 19.3 Å². The zero-order valence-electron chi connectivity index (χ0n) is 21.2. The highest BCUT2D eigenvalue weighted by Gasteiger charge is 2.37. The van der Waals surface area contributed by atoms with Crippen molar-refractivity contribution in [2.45, 2.75) is 19.6 Å². The van der Waals surface area contributed by atoms with E-state index in [1.807, 2.05) is 66.7 Å². The lowest BCUT2D eigenvalue weighted by atomic mass is 10.00. The Labute approximate surface area is 230 Å². The summed E-state index contributed by atoms with van der Waals surface area (Å²) < 4.78 is 6.18. The van der Waals surface area contributed by atoms with Gasteiger partial charge in [0.25, 0.3) is 11.1 Å². The number of carbonyl (C=O) groups is 3. The predicted molar refractivity (Wildman–Crippen MR) is 153 cm³/mol. The number of imide groups is 1. The monoisotopic (exact) mass is 534 g/mol. The van der Waals surface area contributed by atoms with Crippen LogP contribution in [0.25, 0.3) is 16.8 Å². The van der Waals surface area contributed by atoms with E-state index in [0.717, 1.165) is 45.0 Å². The van der Waals surface area contributed by atoms with Gasteiger partial charge in [-0.25, -0.2) is 0 Å². The van der Waals surface area contributed by atoms with Crippen molar-refractivity contribution in [1.29, 1.82) is 0 Å². The van der Waals surface area contributed by atoms with E-state index in [4.69, 9.17) is 4.74 Å². The van der Waals surface area contributed by atoms with E-state index < -0.39 is 11.1 Å². The maximum absolute atomic E-state index is 13.2. The van der Waals surface area contributed by atoms with E-state index in [0.29, 0.717) is 31.0 Å². The maximum Gasteiger partial charge on any atom is 0.294 e. The molecule has 39 heavy (non-hydrogen) atoms. The molecule has 0 radical (unpaired) electrons. The molecule has 2 aliphatic heterocycles. The van der Waals surface area contributed by atoms with Gasteiger partial charge >= 0.3 is 0 Å². The first kappa shape index (κ1) is 24.9. The fourth-order valence-corrected chi connectivity index (χ4v) is 5.86. The number of amides is 3. The molecule has 4 aromatic carbocycles. The van der Waals surface area contributed by atoms with Crippen molar-refractivity contribution in [1.82, 2.24) is 9.80 Å². The van der Waals surface area contributed by atoms with Gasteiger partial charge in [0, 0.05) is 18.7 Å². The van der Waals surface area contributed by atoms with Gasteiger partial charge in [-0.15, -0.1) is 0 Å². The minimum Gasteiger partial charge on any atom is -0.488 e. The Morgan fingerprint density at radius 3 is 2.51 bits per heavy atom. The first-order chi connectivity index (χ1) is 19.1. The summed E-state index contributed by atoms with van der Waals surface area (Å²) in [5.74, 6) is -0.0771. The first-order valence-electron chi connectivity index (χ1n) is 12.9. The molecule has 0 N–H and O–H groups in total. The van der Waals surface area contributed by atoms with Gasteiger partial charge in [-0.2, -0.15) is 0 Å². The summed E-state index contributed by atoms with van der Waals surface area (Å²) in [6.45, 7) is 1.16. The number of hydrogen-bond donors (Lipinski definition) is 0. The van der Waals surface area contributed by atoms with Crippen molar-refractivity contribution in [2.75, 3.05) is 13.1 Å². The summed E-state index contributed by atoms with van der Waals surface area (Å²) in [4.78, 5) is 42.0. The first-order valence-corrected chi connectivity index (χ1v) is 13.7. The highest BCUT2D eigenvalue weighted by Crippen LogP contribution is 2.34. The topological polar surface area (TPSA) is 66.9 Å². The van der Waals surface area contributed by atoms with Gasteiger partial charge < -0.3 is 9.64 Å². The van der Waals surface area contributed by atoms with Crippen LogP contribution in [0.15, 0.2) is 95.9 Å². The van der Waals surface area contributed by atoms with Crippen LogP contribution in [0.4, 0.5) is 4.79 Å². The number of rotatable bonds is 6. The Hall–Kier alpha value is -4.36. The number of para-hydroxylation sites is 1. The number of benzene rings is 4. The zero-order valence-corrected chi connectivity index (χ0v) is 22.0. The molecule has 0 atom stereocenters. The van der Waals surface area contributed by atoms with Crippen molar-refractivity contribution in [2.24, 2.45) is 0 Å². The van der Waals surface area contributed by atoms with Gasteiger partial charge in [0.15, 0.2) is 0 Å². The third-order valence-electron chi connectivity index (χ3n) is 7.12. The van der Waals surface area contributed by atoms with E-state index in [1.54, 1.807) is 11.0 Å². The van der Waals surface area contributed by atoms with Gasteiger partial charge in [0.2, 0.25) is 5.91 Å². The number of hydrogen-bond acceptors (Lipinski definition) is 5. The summed E-state index contributed by atoms with van der Waals surface area (Å²) in [7, 11) is 0. The number of fused-ring (bicyclic) bond motifs is 2. The lowest BCUT2D eigenvalue weighted by Gasteiger charge is -2.29. The molecule has 0 unspecified atom stereocenters. The van der Waals surface area contributed by atoms with Crippen LogP contribution in [-0.4, -0.2) is 39.9 Å². The molecule has 3 amide bonds. The van der Waals surface area contributed by atoms with Gasteiger partial charge in [-0.05, 0) is 57.8 Å². The number of ether oxygens (including phenoxy) is 1. The van der Waals surface area contributed by atoms with Crippen LogP contribution < -0.4 is 4.74 Å². The van der Waals surface area contributed by atoms with E-state index in [1.165, 1.54) is 5.56 Å². The molecule has 0 spiro atoms. The Balaban J connectivity index is 1.16. The molecule has 6 nitrogen and oxygen atoms in total. The minimum absolute atomic E-state index is 0.230. The largest absolute Gasteiger partial charge is 0.488 e. The molecule has 0 saturated carbocycles. The molecule has 4 aromatic rings. The molecular weight excluding hydrogens is 508 g/mol. The fraction of sp³-hybridized carbons (Fsp3) is 0.156. The zero-order chi connectivity index (χ0) is 26.8. The van der Waals surface area contributed by atoms with Crippen LogP contribution in [0.5, 0.6) is 5.75 Å². The minimum atomic E-state index is -0.459. The van der Waals surface area contributed by atoms with Crippen LogP contribution in [-0.2, 0) is 29.2 Å². The summed E-state index contributed by atoms with van der Waals surface area (Å²) in [6.07, 6.45) is 2.43. The average molecular weight is 535 g/mol. The van der Waals surface area contributed by atoms with Crippen molar-refractivity contribution in [3.63, 3.8) is 0 Å². The summed E-state index contributed by atoms with van der Waals surface area (Å²) in [5.41, 5.74) is 4.09. The van der Waals surface area contributed by atoms with Crippen LogP contribution in [0.1, 0.15) is 22.3 Å². The summed E-state index contributed by atoms with van der Waals surface area (Å²) >= 11 is 0.851. The SMILES string of the molecule is O=C(CN1C(=O)S/C(=C\c2ccccc2OCc2cccc3ccccc23)C1=O)N1CCc2ccccc2C1. The molecule has 0 bridgehead atoms. The van der Waals surface area contributed by atoms with Gasteiger partial charge in [-0.1, -0.05) is 84.9 Å². The second-order valence-corrected chi connectivity index (χ2v) is 10.6. The molecule has 2 heterocycles. The van der Waals surface area contributed by atoms with Crippen molar-refractivity contribution < 1.29 is 19.1 Å². The predicted octanol–water partition coefficient (Wildman–Crippen LogP) is 6.04. The molecule has 7 heteroatoms.